The fraction of sp³-hybridized carbons (Fsp3) is 0. The normalized spacial score (nSPS) is 12.0. The summed E-state index contributed by atoms with van der Waals surface area (Å²) in [5, 5.41) is 6.38. The summed E-state index contributed by atoms with van der Waals surface area (Å²) >= 11 is 0. The minimum absolute atomic E-state index is 0.545. The van der Waals surface area contributed by atoms with Crippen LogP contribution in [0.3, 0.4) is 0 Å². The maximum absolute atomic E-state index is 6.62. The summed E-state index contributed by atoms with van der Waals surface area (Å²) in [6.07, 6.45) is 0. The SMILES string of the molecule is c1ccc(-c2nc(-c3ccccc3)nc(-n3c4ccccc4c4cc5c(cc43)oc3c5ccc4c5ccccc5oc43)n2)cc1. The Labute approximate surface area is 255 Å². The molecule has 45 heavy (non-hydrogen) atoms. The summed E-state index contributed by atoms with van der Waals surface area (Å²) in [6, 6.07) is 45.2. The second-order valence-electron chi connectivity index (χ2n) is 11.3. The molecule has 6 heteroatoms. The van der Waals surface area contributed by atoms with Gasteiger partial charge in [0.25, 0.3) is 0 Å². The van der Waals surface area contributed by atoms with Crippen molar-refractivity contribution in [3.05, 3.63) is 133 Å². The number of hydrogen-bond acceptors (Lipinski definition) is 5. The molecule has 0 amide bonds. The molecule has 0 spiro atoms. The maximum atomic E-state index is 6.62. The van der Waals surface area contributed by atoms with Crippen molar-refractivity contribution in [2.75, 3.05) is 0 Å². The van der Waals surface area contributed by atoms with E-state index in [1.54, 1.807) is 0 Å². The molecular formula is C39H22N4O2. The molecule has 0 saturated heterocycles. The second-order valence-corrected chi connectivity index (χ2v) is 11.3. The lowest BCUT2D eigenvalue weighted by Crippen LogP contribution is -2.06. The lowest BCUT2D eigenvalue weighted by molar-refractivity contribution is 0.633. The molecule has 4 heterocycles. The number of benzene rings is 6. The van der Waals surface area contributed by atoms with Crippen LogP contribution in [-0.4, -0.2) is 19.5 Å². The highest BCUT2D eigenvalue weighted by Gasteiger charge is 2.21. The third-order valence-corrected chi connectivity index (χ3v) is 8.67. The largest absolute Gasteiger partial charge is 0.452 e. The first-order valence-electron chi connectivity index (χ1n) is 14.9. The van der Waals surface area contributed by atoms with Gasteiger partial charge in [0.05, 0.1) is 11.0 Å². The standard InChI is InChI=1S/C39H22N4O2/c1-3-11-23(12-4-1)37-40-38(24-13-5-2-6-14-24)42-39(41-37)43-31-17-9-7-15-25(31)29-21-30-28-20-19-27-26-16-8-10-18-33(26)44-35(27)36(28)45-34(30)22-32(29)43/h1-22H. The maximum Gasteiger partial charge on any atom is 0.238 e. The van der Waals surface area contributed by atoms with Crippen LogP contribution in [0.4, 0.5) is 0 Å². The molecule has 0 atom stereocenters. The Kier molecular flexibility index (Phi) is 4.90. The van der Waals surface area contributed by atoms with E-state index >= 15 is 0 Å². The zero-order valence-corrected chi connectivity index (χ0v) is 23.8. The minimum atomic E-state index is 0.545. The molecule has 0 aliphatic heterocycles. The van der Waals surface area contributed by atoms with Crippen molar-refractivity contribution in [1.82, 2.24) is 19.5 Å². The minimum Gasteiger partial charge on any atom is -0.452 e. The van der Waals surface area contributed by atoms with Gasteiger partial charge in [0.15, 0.2) is 22.8 Å². The van der Waals surface area contributed by atoms with E-state index in [0.29, 0.717) is 17.6 Å². The van der Waals surface area contributed by atoms with Crippen LogP contribution >= 0.6 is 0 Å². The van der Waals surface area contributed by atoms with Gasteiger partial charge < -0.3 is 8.83 Å². The highest BCUT2D eigenvalue weighted by Crippen LogP contribution is 2.42. The molecule has 0 aliphatic rings. The molecule has 0 aliphatic carbocycles. The number of para-hydroxylation sites is 2. The van der Waals surface area contributed by atoms with Gasteiger partial charge in [-0.05, 0) is 30.3 Å². The van der Waals surface area contributed by atoms with Gasteiger partial charge in [-0.25, -0.2) is 4.98 Å². The van der Waals surface area contributed by atoms with Gasteiger partial charge in [0.2, 0.25) is 5.95 Å². The molecule has 210 valence electrons. The number of furan rings is 2. The summed E-state index contributed by atoms with van der Waals surface area (Å²) < 4.78 is 15.1. The fourth-order valence-electron chi connectivity index (χ4n) is 6.59. The van der Waals surface area contributed by atoms with Crippen LogP contribution in [0.15, 0.2) is 142 Å². The Morgan fingerprint density at radius 2 is 0.978 bits per heavy atom. The van der Waals surface area contributed by atoms with Crippen LogP contribution < -0.4 is 0 Å². The first-order chi connectivity index (χ1) is 22.3. The van der Waals surface area contributed by atoms with E-state index in [0.717, 1.165) is 76.8 Å². The Bertz CT molecular complexity index is 2700. The molecule has 6 nitrogen and oxygen atoms in total. The molecule has 0 unspecified atom stereocenters. The van der Waals surface area contributed by atoms with Crippen molar-refractivity contribution < 1.29 is 8.83 Å². The van der Waals surface area contributed by atoms with E-state index in [4.69, 9.17) is 23.8 Å². The summed E-state index contributed by atoms with van der Waals surface area (Å²) in [5.74, 6) is 1.77. The number of aromatic nitrogens is 4. The van der Waals surface area contributed by atoms with Crippen molar-refractivity contribution in [3.8, 4) is 28.7 Å². The van der Waals surface area contributed by atoms with Crippen molar-refractivity contribution in [1.29, 1.82) is 0 Å². The Balaban J connectivity index is 1.29. The zero-order chi connectivity index (χ0) is 29.5. The van der Waals surface area contributed by atoms with Gasteiger partial charge in [-0.3, -0.25) is 4.57 Å². The van der Waals surface area contributed by atoms with E-state index in [1.165, 1.54) is 0 Å². The van der Waals surface area contributed by atoms with Crippen LogP contribution in [0.5, 0.6) is 0 Å². The molecule has 10 aromatic rings. The van der Waals surface area contributed by atoms with Gasteiger partial charge in [-0.15, -0.1) is 0 Å². The first kappa shape index (κ1) is 24.2. The molecule has 6 aromatic carbocycles. The first-order valence-corrected chi connectivity index (χ1v) is 14.9. The lowest BCUT2D eigenvalue weighted by atomic mass is 10.1. The molecule has 0 bridgehead atoms. The molecule has 0 saturated carbocycles. The summed E-state index contributed by atoms with van der Waals surface area (Å²) in [5.41, 5.74) is 6.94. The summed E-state index contributed by atoms with van der Waals surface area (Å²) in [6.45, 7) is 0. The van der Waals surface area contributed by atoms with Crippen LogP contribution in [-0.2, 0) is 0 Å². The van der Waals surface area contributed by atoms with E-state index in [2.05, 4.69) is 53.1 Å². The monoisotopic (exact) mass is 578 g/mol. The van der Waals surface area contributed by atoms with Gasteiger partial charge in [0.1, 0.15) is 11.2 Å². The quantitative estimate of drug-likeness (QED) is 0.209. The molecule has 10 rings (SSSR count). The lowest BCUT2D eigenvalue weighted by Gasteiger charge is -2.10. The summed E-state index contributed by atoms with van der Waals surface area (Å²) in [7, 11) is 0. The smallest absolute Gasteiger partial charge is 0.238 e. The van der Waals surface area contributed by atoms with E-state index in [-0.39, 0.29) is 0 Å². The van der Waals surface area contributed by atoms with E-state index < -0.39 is 0 Å². The van der Waals surface area contributed by atoms with E-state index in [9.17, 15) is 0 Å². The average Bonchev–Trinajstić information content (AvgIpc) is 3.77. The average molecular weight is 579 g/mol. The third-order valence-electron chi connectivity index (χ3n) is 8.67. The number of fused-ring (bicyclic) bond motifs is 10. The predicted octanol–water partition coefficient (Wildman–Crippen LogP) is 10.1. The van der Waals surface area contributed by atoms with Gasteiger partial charge in [0, 0.05) is 49.5 Å². The predicted molar refractivity (Wildman–Crippen MR) is 180 cm³/mol. The van der Waals surface area contributed by atoms with Gasteiger partial charge >= 0.3 is 0 Å². The topological polar surface area (TPSA) is 69.9 Å². The fourth-order valence-corrected chi connectivity index (χ4v) is 6.59. The number of nitrogens with zero attached hydrogens (tertiary/aromatic N) is 4. The molecule has 0 N–H and O–H groups in total. The van der Waals surface area contributed by atoms with Crippen LogP contribution in [0.1, 0.15) is 0 Å². The van der Waals surface area contributed by atoms with Crippen molar-refractivity contribution in [2.24, 2.45) is 0 Å². The summed E-state index contributed by atoms with van der Waals surface area (Å²) in [4.78, 5) is 15.0. The van der Waals surface area contributed by atoms with Crippen LogP contribution in [0, 0.1) is 0 Å². The van der Waals surface area contributed by atoms with Crippen LogP contribution in [0.2, 0.25) is 0 Å². The molecular weight excluding hydrogens is 556 g/mol. The molecule has 4 aromatic heterocycles. The highest BCUT2D eigenvalue weighted by molar-refractivity contribution is 6.22. The number of rotatable bonds is 3. The van der Waals surface area contributed by atoms with Gasteiger partial charge in [-0.2, -0.15) is 9.97 Å². The Morgan fingerprint density at radius 1 is 0.400 bits per heavy atom. The molecule has 0 radical (unpaired) electrons. The number of hydrogen-bond donors (Lipinski definition) is 0. The van der Waals surface area contributed by atoms with Crippen molar-refractivity contribution in [2.45, 2.75) is 0 Å². The Morgan fingerprint density at radius 3 is 1.69 bits per heavy atom. The zero-order valence-electron chi connectivity index (χ0n) is 23.8. The van der Waals surface area contributed by atoms with E-state index in [1.807, 2.05) is 84.9 Å². The van der Waals surface area contributed by atoms with Gasteiger partial charge in [-0.1, -0.05) is 97.1 Å². The third kappa shape index (κ3) is 3.53. The van der Waals surface area contributed by atoms with Crippen molar-refractivity contribution >= 4 is 65.7 Å². The highest BCUT2D eigenvalue weighted by atomic mass is 16.4. The Hall–Kier alpha value is -6.27. The van der Waals surface area contributed by atoms with Crippen LogP contribution in [0.25, 0.3) is 94.4 Å². The second kappa shape index (κ2) is 9.11. The molecule has 0 fully saturated rings. The van der Waals surface area contributed by atoms with Crippen molar-refractivity contribution in [3.63, 3.8) is 0 Å².